The smallest absolute Gasteiger partial charge is 0.257 e. The Morgan fingerprint density at radius 1 is 0.919 bits per heavy atom. The Hall–Kier alpha value is -4.69. The first-order valence-corrected chi connectivity index (χ1v) is 11.9. The van der Waals surface area contributed by atoms with Crippen LogP contribution in [-0.2, 0) is 6.61 Å². The summed E-state index contributed by atoms with van der Waals surface area (Å²) < 4.78 is 16.9. The number of hydrogen-bond donors (Lipinski definition) is 2. The Kier molecular flexibility index (Phi) is 7.09. The predicted octanol–water partition coefficient (Wildman–Crippen LogP) is 6.21. The zero-order valence-electron chi connectivity index (χ0n) is 19.9. The number of fused-ring (bicyclic) bond motifs is 1. The summed E-state index contributed by atoms with van der Waals surface area (Å²) in [6.45, 7) is 0.459. The third-order valence-electron chi connectivity index (χ3n) is 5.58. The van der Waals surface area contributed by atoms with Crippen molar-refractivity contribution in [1.29, 1.82) is 0 Å². The van der Waals surface area contributed by atoms with Gasteiger partial charge in [0.2, 0.25) is 5.89 Å². The number of aromatic nitrogens is 1. The lowest BCUT2D eigenvalue weighted by molar-refractivity contribution is 0.0977. The van der Waals surface area contributed by atoms with E-state index in [1.165, 1.54) is 0 Å². The summed E-state index contributed by atoms with van der Waals surface area (Å²) in [7, 11) is 1.61. The lowest BCUT2D eigenvalue weighted by atomic mass is 10.2. The van der Waals surface area contributed by atoms with E-state index in [1.807, 2.05) is 72.8 Å². The van der Waals surface area contributed by atoms with Crippen LogP contribution in [0.3, 0.4) is 0 Å². The van der Waals surface area contributed by atoms with E-state index >= 15 is 0 Å². The van der Waals surface area contributed by atoms with Crippen LogP contribution >= 0.6 is 12.2 Å². The molecule has 1 amide bonds. The average Bonchev–Trinajstić information content (AvgIpc) is 3.36. The zero-order chi connectivity index (χ0) is 25.6. The number of carbonyl (C=O) groups excluding carboxylic acids is 1. The summed E-state index contributed by atoms with van der Waals surface area (Å²) in [6, 6.07) is 29.7. The number of anilines is 1. The van der Waals surface area contributed by atoms with Gasteiger partial charge >= 0.3 is 0 Å². The summed E-state index contributed by atoms with van der Waals surface area (Å²) in [6.07, 6.45) is 0. The number of benzene rings is 4. The Morgan fingerprint density at radius 2 is 1.65 bits per heavy atom. The van der Waals surface area contributed by atoms with Gasteiger partial charge in [-0.1, -0.05) is 30.3 Å². The lowest BCUT2D eigenvalue weighted by Gasteiger charge is -2.11. The molecule has 0 saturated carbocycles. The molecule has 1 heterocycles. The normalized spacial score (nSPS) is 10.6. The number of oxazole rings is 1. The molecule has 0 saturated heterocycles. The second-order valence-electron chi connectivity index (χ2n) is 8.14. The molecule has 1 aromatic heterocycles. The van der Waals surface area contributed by atoms with Gasteiger partial charge in [-0.2, -0.15) is 0 Å². The summed E-state index contributed by atoms with van der Waals surface area (Å²) in [5.74, 6) is 1.58. The molecule has 0 radical (unpaired) electrons. The molecule has 0 bridgehead atoms. The summed E-state index contributed by atoms with van der Waals surface area (Å²) >= 11 is 5.32. The SMILES string of the molecule is COc1ccc2oc(-c3ccc(NC(=S)NC(=O)c4ccc(OCc5ccccc5)cc4)cc3)nc2c1. The van der Waals surface area contributed by atoms with Crippen LogP contribution in [0, 0.1) is 0 Å². The van der Waals surface area contributed by atoms with Crippen LogP contribution in [0.1, 0.15) is 15.9 Å². The molecular formula is C29H23N3O4S. The van der Waals surface area contributed by atoms with Gasteiger partial charge in [-0.25, -0.2) is 4.98 Å². The Balaban J connectivity index is 1.15. The zero-order valence-corrected chi connectivity index (χ0v) is 20.7. The van der Waals surface area contributed by atoms with Crippen LogP contribution in [0.2, 0.25) is 0 Å². The summed E-state index contributed by atoms with van der Waals surface area (Å²) in [4.78, 5) is 17.1. The molecule has 0 unspecified atom stereocenters. The maximum atomic E-state index is 12.6. The highest BCUT2D eigenvalue weighted by molar-refractivity contribution is 7.80. The van der Waals surface area contributed by atoms with Crippen molar-refractivity contribution >= 4 is 40.0 Å². The minimum absolute atomic E-state index is 0.191. The molecule has 5 rings (SSSR count). The lowest BCUT2D eigenvalue weighted by Crippen LogP contribution is -2.34. The molecule has 4 aromatic carbocycles. The average molecular weight is 510 g/mol. The molecule has 8 heteroatoms. The van der Waals surface area contributed by atoms with E-state index in [0.717, 1.165) is 28.1 Å². The maximum Gasteiger partial charge on any atom is 0.257 e. The van der Waals surface area contributed by atoms with Crippen molar-refractivity contribution in [3.05, 3.63) is 108 Å². The van der Waals surface area contributed by atoms with Gasteiger partial charge in [-0.3, -0.25) is 10.1 Å². The minimum atomic E-state index is -0.314. The number of methoxy groups -OCH3 is 1. The van der Waals surface area contributed by atoms with Crippen LogP contribution in [0.25, 0.3) is 22.6 Å². The van der Waals surface area contributed by atoms with Crippen molar-refractivity contribution in [2.75, 3.05) is 12.4 Å². The number of amides is 1. The molecule has 2 N–H and O–H groups in total. The third kappa shape index (κ3) is 5.94. The fourth-order valence-electron chi connectivity index (χ4n) is 3.63. The molecule has 5 aromatic rings. The highest BCUT2D eigenvalue weighted by Gasteiger charge is 2.11. The first-order valence-electron chi connectivity index (χ1n) is 11.5. The first kappa shape index (κ1) is 24.0. The Labute approximate surface area is 219 Å². The number of rotatable bonds is 7. The van der Waals surface area contributed by atoms with Crippen LogP contribution in [0.4, 0.5) is 5.69 Å². The molecule has 0 aliphatic heterocycles. The molecule has 184 valence electrons. The van der Waals surface area contributed by atoms with Crippen molar-refractivity contribution in [3.8, 4) is 23.0 Å². The second kappa shape index (κ2) is 10.9. The largest absolute Gasteiger partial charge is 0.497 e. The van der Waals surface area contributed by atoms with E-state index in [-0.39, 0.29) is 11.0 Å². The van der Waals surface area contributed by atoms with E-state index in [9.17, 15) is 4.79 Å². The summed E-state index contributed by atoms with van der Waals surface area (Å²) in [5, 5.41) is 5.91. The number of ether oxygens (including phenoxy) is 2. The molecule has 37 heavy (non-hydrogen) atoms. The van der Waals surface area contributed by atoms with Gasteiger partial charge in [-0.05, 0) is 78.4 Å². The molecule has 0 fully saturated rings. The number of hydrogen-bond acceptors (Lipinski definition) is 6. The fourth-order valence-corrected chi connectivity index (χ4v) is 3.85. The Morgan fingerprint density at radius 3 is 2.38 bits per heavy atom. The third-order valence-corrected chi connectivity index (χ3v) is 5.78. The van der Waals surface area contributed by atoms with Crippen molar-refractivity contribution in [2.24, 2.45) is 0 Å². The molecule has 0 aliphatic carbocycles. The topological polar surface area (TPSA) is 85.6 Å². The van der Waals surface area contributed by atoms with Gasteiger partial charge in [0.05, 0.1) is 7.11 Å². The van der Waals surface area contributed by atoms with E-state index in [2.05, 4.69) is 15.6 Å². The van der Waals surface area contributed by atoms with Gasteiger partial charge in [0.25, 0.3) is 5.91 Å². The fraction of sp³-hybridized carbons (Fsp3) is 0.0690. The second-order valence-corrected chi connectivity index (χ2v) is 8.55. The van der Waals surface area contributed by atoms with Crippen molar-refractivity contribution in [3.63, 3.8) is 0 Å². The van der Waals surface area contributed by atoms with Crippen LogP contribution in [0.5, 0.6) is 11.5 Å². The van der Waals surface area contributed by atoms with Gasteiger partial charge < -0.3 is 19.2 Å². The van der Waals surface area contributed by atoms with Gasteiger partial charge in [-0.15, -0.1) is 0 Å². The molecule has 0 atom stereocenters. The molecule has 0 aliphatic rings. The van der Waals surface area contributed by atoms with Crippen molar-refractivity contribution in [2.45, 2.75) is 6.61 Å². The first-order chi connectivity index (χ1) is 18.1. The van der Waals surface area contributed by atoms with Crippen LogP contribution in [0.15, 0.2) is 101 Å². The van der Waals surface area contributed by atoms with E-state index in [4.69, 9.17) is 26.1 Å². The highest BCUT2D eigenvalue weighted by atomic mass is 32.1. The maximum absolute atomic E-state index is 12.6. The minimum Gasteiger partial charge on any atom is -0.497 e. The monoisotopic (exact) mass is 509 g/mol. The number of thiocarbonyl (C=S) groups is 1. The van der Waals surface area contributed by atoms with Crippen molar-refractivity contribution in [1.82, 2.24) is 10.3 Å². The van der Waals surface area contributed by atoms with E-state index in [1.54, 1.807) is 31.4 Å². The van der Waals surface area contributed by atoms with Crippen LogP contribution < -0.4 is 20.1 Å². The highest BCUT2D eigenvalue weighted by Crippen LogP contribution is 2.27. The van der Waals surface area contributed by atoms with Gasteiger partial charge in [0.1, 0.15) is 23.6 Å². The number of nitrogens with zero attached hydrogens (tertiary/aromatic N) is 1. The predicted molar refractivity (Wildman–Crippen MR) is 147 cm³/mol. The van der Waals surface area contributed by atoms with Crippen LogP contribution in [-0.4, -0.2) is 23.1 Å². The molecule has 0 spiro atoms. The quantitative estimate of drug-likeness (QED) is 0.252. The standard InChI is InChI=1S/C29H23N3O4S/c1-34-24-15-16-26-25(17-24)31-28(36-26)21-7-11-22(12-8-21)30-29(37)32-27(33)20-9-13-23(14-10-20)35-18-19-5-3-2-4-6-19/h2-17H,18H2,1H3,(H2,30,32,33,37). The van der Waals surface area contributed by atoms with E-state index < -0.39 is 0 Å². The van der Waals surface area contributed by atoms with E-state index in [0.29, 0.717) is 29.4 Å². The van der Waals surface area contributed by atoms with Gasteiger partial charge in [0.15, 0.2) is 10.7 Å². The number of carbonyl (C=O) groups is 1. The molecular weight excluding hydrogens is 486 g/mol. The number of nitrogens with one attached hydrogen (secondary N) is 2. The van der Waals surface area contributed by atoms with Gasteiger partial charge in [0, 0.05) is 22.9 Å². The Bertz CT molecular complexity index is 1530. The molecule has 7 nitrogen and oxygen atoms in total. The summed E-state index contributed by atoms with van der Waals surface area (Å²) in [5.41, 5.74) is 4.47. The van der Waals surface area contributed by atoms with Crippen molar-refractivity contribution < 1.29 is 18.7 Å².